The van der Waals surface area contributed by atoms with Gasteiger partial charge < -0.3 is 10.5 Å². The fourth-order valence-electron chi connectivity index (χ4n) is 3.66. The van der Waals surface area contributed by atoms with Crippen LogP contribution in [0.15, 0.2) is 0 Å². The summed E-state index contributed by atoms with van der Waals surface area (Å²) in [6.07, 6.45) is 7.54. The smallest absolute Gasteiger partial charge is 0.0590 e. The predicted molar refractivity (Wildman–Crippen MR) is 87.0 cm³/mol. The van der Waals surface area contributed by atoms with Crippen molar-refractivity contribution in [1.29, 1.82) is 0 Å². The van der Waals surface area contributed by atoms with Crippen LogP contribution in [0.5, 0.6) is 0 Å². The predicted octanol–water partition coefficient (Wildman–Crippen LogP) is 3.42. The quantitative estimate of drug-likeness (QED) is 0.728. The van der Waals surface area contributed by atoms with Crippen LogP contribution in [0.4, 0.5) is 0 Å². The van der Waals surface area contributed by atoms with E-state index in [2.05, 4.69) is 32.6 Å². The van der Waals surface area contributed by atoms with Gasteiger partial charge in [0.25, 0.3) is 0 Å². The third kappa shape index (κ3) is 4.44. The molecule has 1 aliphatic carbocycles. The van der Waals surface area contributed by atoms with E-state index in [1.165, 1.54) is 38.5 Å². The van der Waals surface area contributed by atoms with Crippen LogP contribution in [0.1, 0.15) is 66.2 Å². The lowest BCUT2D eigenvalue weighted by atomic mass is 9.82. The molecule has 0 spiro atoms. The highest BCUT2D eigenvalue weighted by Crippen LogP contribution is 2.41. The molecule has 20 heavy (non-hydrogen) atoms. The van der Waals surface area contributed by atoms with Crippen LogP contribution >= 0.6 is 0 Å². The standard InChI is InChI=1S/C17H36N2O/c1-6-15(2)19(12-13-20-5)17(14-18)9-7-8-16(3,4)10-11-17/h15H,6-14,18H2,1-5H3. The van der Waals surface area contributed by atoms with E-state index in [-0.39, 0.29) is 5.54 Å². The molecule has 0 saturated heterocycles. The minimum absolute atomic E-state index is 0.182. The lowest BCUT2D eigenvalue weighted by molar-refractivity contribution is 0.0155. The molecule has 1 saturated carbocycles. The molecular weight excluding hydrogens is 248 g/mol. The van der Waals surface area contributed by atoms with E-state index >= 15 is 0 Å². The summed E-state index contributed by atoms with van der Waals surface area (Å²) in [5, 5.41) is 0. The van der Waals surface area contributed by atoms with Crippen molar-refractivity contribution in [2.45, 2.75) is 77.8 Å². The van der Waals surface area contributed by atoms with Crippen molar-refractivity contribution in [2.24, 2.45) is 11.1 Å². The summed E-state index contributed by atoms with van der Waals surface area (Å²) in [6, 6.07) is 0.579. The van der Waals surface area contributed by atoms with Crippen molar-refractivity contribution in [3.8, 4) is 0 Å². The molecule has 0 aromatic carbocycles. The van der Waals surface area contributed by atoms with Gasteiger partial charge in [-0.1, -0.05) is 27.2 Å². The van der Waals surface area contributed by atoms with Gasteiger partial charge in [-0.05, 0) is 44.4 Å². The second kappa shape index (κ2) is 7.77. The van der Waals surface area contributed by atoms with Gasteiger partial charge in [0.15, 0.2) is 0 Å². The summed E-state index contributed by atoms with van der Waals surface area (Å²) in [5.41, 5.74) is 6.93. The van der Waals surface area contributed by atoms with Crippen LogP contribution in [0.25, 0.3) is 0 Å². The highest BCUT2D eigenvalue weighted by Gasteiger charge is 2.40. The molecule has 0 heterocycles. The maximum atomic E-state index is 6.28. The first kappa shape index (κ1) is 17.9. The molecule has 0 aliphatic heterocycles. The third-order valence-corrected chi connectivity index (χ3v) is 5.41. The zero-order valence-corrected chi connectivity index (χ0v) is 14.4. The Morgan fingerprint density at radius 2 is 1.90 bits per heavy atom. The monoisotopic (exact) mass is 284 g/mol. The van der Waals surface area contributed by atoms with Crippen molar-refractivity contribution < 1.29 is 4.74 Å². The zero-order chi connectivity index (χ0) is 15.2. The molecule has 0 aromatic rings. The molecule has 2 N–H and O–H groups in total. The third-order valence-electron chi connectivity index (χ3n) is 5.41. The highest BCUT2D eigenvalue weighted by atomic mass is 16.5. The van der Waals surface area contributed by atoms with Gasteiger partial charge in [0.2, 0.25) is 0 Å². The van der Waals surface area contributed by atoms with Crippen molar-refractivity contribution in [3.63, 3.8) is 0 Å². The largest absolute Gasteiger partial charge is 0.383 e. The fourth-order valence-corrected chi connectivity index (χ4v) is 3.66. The lowest BCUT2D eigenvalue weighted by Crippen LogP contribution is -2.57. The summed E-state index contributed by atoms with van der Waals surface area (Å²) >= 11 is 0. The van der Waals surface area contributed by atoms with Crippen LogP contribution in [0.2, 0.25) is 0 Å². The van der Waals surface area contributed by atoms with E-state index in [0.29, 0.717) is 11.5 Å². The van der Waals surface area contributed by atoms with E-state index in [4.69, 9.17) is 10.5 Å². The van der Waals surface area contributed by atoms with E-state index < -0.39 is 0 Å². The van der Waals surface area contributed by atoms with Gasteiger partial charge >= 0.3 is 0 Å². The van der Waals surface area contributed by atoms with Crippen molar-refractivity contribution in [2.75, 3.05) is 26.8 Å². The molecule has 3 heteroatoms. The Balaban J connectivity index is 2.91. The minimum Gasteiger partial charge on any atom is -0.383 e. The summed E-state index contributed by atoms with van der Waals surface area (Å²) in [6.45, 7) is 12.0. The molecule has 1 aliphatic rings. The van der Waals surface area contributed by atoms with Gasteiger partial charge in [-0.25, -0.2) is 0 Å². The number of ether oxygens (including phenoxy) is 1. The molecular formula is C17H36N2O. The van der Waals surface area contributed by atoms with Gasteiger partial charge in [-0.3, -0.25) is 4.90 Å². The topological polar surface area (TPSA) is 38.5 Å². The van der Waals surface area contributed by atoms with Gasteiger partial charge in [-0.15, -0.1) is 0 Å². The Bertz CT molecular complexity index is 280. The first-order valence-corrected chi connectivity index (χ1v) is 8.36. The van der Waals surface area contributed by atoms with E-state index in [1.54, 1.807) is 7.11 Å². The van der Waals surface area contributed by atoms with Gasteiger partial charge in [0.1, 0.15) is 0 Å². The molecule has 0 aromatic heterocycles. The maximum absolute atomic E-state index is 6.28. The number of methoxy groups -OCH3 is 1. The Kier molecular flexibility index (Phi) is 6.96. The van der Waals surface area contributed by atoms with Crippen LogP contribution < -0.4 is 5.73 Å². The molecule has 0 amide bonds. The van der Waals surface area contributed by atoms with Crippen molar-refractivity contribution in [3.05, 3.63) is 0 Å². The number of nitrogens with two attached hydrogens (primary N) is 1. The molecule has 0 radical (unpaired) electrons. The Hall–Kier alpha value is -0.120. The summed E-state index contributed by atoms with van der Waals surface area (Å²) in [4.78, 5) is 2.65. The van der Waals surface area contributed by atoms with E-state index in [0.717, 1.165) is 19.7 Å². The molecule has 1 fully saturated rings. The Morgan fingerprint density at radius 1 is 1.20 bits per heavy atom. The molecule has 2 unspecified atom stereocenters. The first-order valence-electron chi connectivity index (χ1n) is 8.36. The van der Waals surface area contributed by atoms with Crippen LogP contribution in [-0.2, 0) is 4.74 Å². The van der Waals surface area contributed by atoms with Gasteiger partial charge in [0.05, 0.1) is 6.61 Å². The maximum Gasteiger partial charge on any atom is 0.0590 e. The number of nitrogens with zero attached hydrogens (tertiary/aromatic N) is 1. The van der Waals surface area contributed by atoms with Gasteiger partial charge in [0, 0.05) is 31.8 Å². The highest BCUT2D eigenvalue weighted by molar-refractivity contribution is 4.97. The second-order valence-corrected chi connectivity index (χ2v) is 7.39. The minimum atomic E-state index is 0.182. The second-order valence-electron chi connectivity index (χ2n) is 7.39. The van der Waals surface area contributed by atoms with E-state index in [1.807, 2.05) is 0 Å². The molecule has 1 rings (SSSR count). The molecule has 2 atom stereocenters. The molecule has 0 bridgehead atoms. The average molecular weight is 284 g/mol. The number of rotatable bonds is 7. The summed E-state index contributed by atoms with van der Waals surface area (Å²) in [7, 11) is 1.79. The number of hydrogen-bond donors (Lipinski definition) is 1. The lowest BCUT2D eigenvalue weighted by Gasteiger charge is -2.46. The summed E-state index contributed by atoms with van der Waals surface area (Å²) in [5.74, 6) is 0. The Morgan fingerprint density at radius 3 is 2.45 bits per heavy atom. The molecule has 3 nitrogen and oxygen atoms in total. The van der Waals surface area contributed by atoms with Crippen molar-refractivity contribution >= 4 is 0 Å². The fraction of sp³-hybridized carbons (Fsp3) is 1.00. The van der Waals surface area contributed by atoms with Crippen LogP contribution in [-0.4, -0.2) is 43.3 Å². The number of hydrogen-bond acceptors (Lipinski definition) is 3. The summed E-state index contributed by atoms with van der Waals surface area (Å²) < 4.78 is 5.34. The average Bonchev–Trinajstić information content (AvgIpc) is 2.58. The zero-order valence-electron chi connectivity index (χ0n) is 14.4. The van der Waals surface area contributed by atoms with Gasteiger partial charge in [-0.2, -0.15) is 0 Å². The first-order chi connectivity index (χ1) is 9.40. The van der Waals surface area contributed by atoms with Crippen LogP contribution in [0.3, 0.4) is 0 Å². The normalized spacial score (nSPS) is 28.4. The van der Waals surface area contributed by atoms with Crippen LogP contribution in [0, 0.1) is 5.41 Å². The SMILES string of the molecule is CCC(C)N(CCOC)C1(CN)CCCC(C)(C)CC1. The molecule has 120 valence electrons. The van der Waals surface area contributed by atoms with E-state index in [9.17, 15) is 0 Å². The van der Waals surface area contributed by atoms with Crippen molar-refractivity contribution in [1.82, 2.24) is 4.90 Å². The Labute approximate surface area is 126 Å².